The van der Waals surface area contributed by atoms with Gasteiger partial charge in [0.05, 0.1) is 5.60 Å². The van der Waals surface area contributed by atoms with Gasteiger partial charge in [0.2, 0.25) is 0 Å². The first-order chi connectivity index (χ1) is 8.61. The van der Waals surface area contributed by atoms with Crippen LogP contribution in [0.4, 0.5) is 0 Å². The topological polar surface area (TPSA) is 24.5 Å². The third kappa shape index (κ3) is 3.25. The van der Waals surface area contributed by atoms with Crippen molar-refractivity contribution in [1.29, 1.82) is 0 Å². The highest BCUT2D eigenvalue weighted by Crippen LogP contribution is 2.35. The minimum Gasteiger partial charge on any atom is -0.377 e. The standard InChI is InChI=1S/C15H30N2O/c1-4-15(7-9-16-10-8-15)13-17-11-5-6-14(2,12-17)18-3/h16H,4-13H2,1-3H3. The molecular weight excluding hydrogens is 224 g/mol. The van der Waals surface area contributed by atoms with E-state index in [0.29, 0.717) is 5.41 Å². The Morgan fingerprint density at radius 1 is 1.22 bits per heavy atom. The van der Waals surface area contributed by atoms with E-state index in [4.69, 9.17) is 4.74 Å². The summed E-state index contributed by atoms with van der Waals surface area (Å²) in [6, 6.07) is 0. The molecular formula is C15H30N2O. The van der Waals surface area contributed by atoms with E-state index in [1.165, 1.54) is 58.3 Å². The molecule has 0 radical (unpaired) electrons. The zero-order valence-corrected chi connectivity index (χ0v) is 12.4. The van der Waals surface area contributed by atoms with E-state index in [2.05, 4.69) is 24.1 Å². The molecule has 1 unspecified atom stereocenters. The summed E-state index contributed by atoms with van der Waals surface area (Å²) in [6.45, 7) is 10.7. The molecule has 2 heterocycles. The number of methoxy groups -OCH3 is 1. The normalized spacial score (nSPS) is 33.5. The van der Waals surface area contributed by atoms with Crippen LogP contribution >= 0.6 is 0 Å². The number of likely N-dealkylation sites (tertiary alicyclic amines) is 1. The molecule has 1 N–H and O–H groups in total. The van der Waals surface area contributed by atoms with Crippen molar-refractivity contribution in [3.63, 3.8) is 0 Å². The summed E-state index contributed by atoms with van der Waals surface area (Å²) in [4.78, 5) is 2.65. The third-order valence-electron chi connectivity index (χ3n) is 5.20. The molecule has 18 heavy (non-hydrogen) atoms. The second kappa shape index (κ2) is 5.89. The largest absolute Gasteiger partial charge is 0.377 e. The fraction of sp³-hybridized carbons (Fsp3) is 1.00. The summed E-state index contributed by atoms with van der Waals surface area (Å²) < 4.78 is 5.71. The SMILES string of the molecule is CCC1(CN2CCCC(C)(OC)C2)CCNCC1. The minimum absolute atomic E-state index is 0.0834. The first-order valence-electron chi connectivity index (χ1n) is 7.60. The number of hydrogen-bond donors (Lipinski definition) is 1. The van der Waals surface area contributed by atoms with E-state index in [-0.39, 0.29) is 5.60 Å². The second-order valence-corrected chi connectivity index (χ2v) is 6.57. The fourth-order valence-corrected chi connectivity index (χ4v) is 3.66. The Bertz CT molecular complexity index is 263. The van der Waals surface area contributed by atoms with Crippen LogP contribution in [0, 0.1) is 5.41 Å². The number of nitrogens with one attached hydrogen (secondary N) is 1. The van der Waals surface area contributed by atoms with E-state index >= 15 is 0 Å². The molecule has 2 aliphatic rings. The van der Waals surface area contributed by atoms with Gasteiger partial charge < -0.3 is 10.1 Å². The predicted octanol–water partition coefficient (Wildman–Crippen LogP) is 2.27. The molecule has 0 aromatic rings. The average molecular weight is 254 g/mol. The maximum absolute atomic E-state index is 5.71. The molecule has 0 spiro atoms. The van der Waals surface area contributed by atoms with Crippen LogP contribution in [0.15, 0.2) is 0 Å². The lowest BCUT2D eigenvalue weighted by Crippen LogP contribution is -2.52. The predicted molar refractivity (Wildman–Crippen MR) is 75.9 cm³/mol. The molecule has 0 aliphatic carbocycles. The van der Waals surface area contributed by atoms with E-state index < -0.39 is 0 Å². The summed E-state index contributed by atoms with van der Waals surface area (Å²) in [7, 11) is 1.86. The Hall–Kier alpha value is -0.120. The molecule has 1 atom stereocenters. The summed E-state index contributed by atoms with van der Waals surface area (Å²) in [5.41, 5.74) is 0.636. The minimum atomic E-state index is 0.0834. The number of hydrogen-bond acceptors (Lipinski definition) is 3. The van der Waals surface area contributed by atoms with Gasteiger partial charge in [-0.15, -0.1) is 0 Å². The maximum Gasteiger partial charge on any atom is 0.0777 e. The van der Waals surface area contributed by atoms with Gasteiger partial charge in [0.1, 0.15) is 0 Å². The van der Waals surface area contributed by atoms with Crippen LogP contribution in [0.1, 0.15) is 46.0 Å². The quantitative estimate of drug-likeness (QED) is 0.833. The summed E-state index contributed by atoms with van der Waals surface area (Å²) >= 11 is 0. The highest BCUT2D eigenvalue weighted by molar-refractivity contribution is 4.91. The van der Waals surface area contributed by atoms with Crippen molar-refractivity contribution in [3.05, 3.63) is 0 Å². The van der Waals surface area contributed by atoms with Gasteiger partial charge in [-0.3, -0.25) is 4.90 Å². The lowest BCUT2D eigenvalue weighted by atomic mass is 9.75. The van der Waals surface area contributed by atoms with Gasteiger partial charge in [0.25, 0.3) is 0 Å². The molecule has 0 aromatic carbocycles. The van der Waals surface area contributed by atoms with Crippen molar-refractivity contribution < 1.29 is 4.74 Å². The Morgan fingerprint density at radius 3 is 2.56 bits per heavy atom. The van der Waals surface area contributed by atoms with Gasteiger partial charge in [0, 0.05) is 20.2 Å². The Labute approximate surface area is 112 Å². The third-order valence-corrected chi connectivity index (χ3v) is 5.20. The molecule has 0 saturated carbocycles. The van der Waals surface area contributed by atoms with Crippen LogP contribution in [0.3, 0.4) is 0 Å². The van der Waals surface area contributed by atoms with E-state index in [1.54, 1.807) is 0 Å². The average Bonchev–Trinajstić information content (AvgIpc) is 2.40. The second-order valence-electron chi connectivity index (χ2n) is 6.57. The van der Waals surface area contributed by atoms with Gasteiger partial charge in [-0.25, -0.2) is 0 Å². The van der Waals surface area contributed by atoms with Crippen molar-refractivity contribution in [2.24, 2.45) is 5.41 Å². The lowest BCUT2D eigenvalue weighted by Gasteiger charge is -2.46. The van der Waals surface area contributed by atoms with Crippen molar-refractivity contribution in [2.45, 2.75) is 51.6 Å². The van der Waals surface area contributed by atoms with Gasteiger partial charge >= 0.3 is 0 Å². The van der Waals surface area contributed by atoms with Crippen molar-refractivity contribution >= 4 is 0 Å². The van der Waals surface area contributed by atoms with Crippen LogP contribution in [0.25, 0.3) is 0 Å². The molecule has 3 heteroatoms. The van der Waals surface area contributed by atoms with Gasteiger partial charge in [-0.2, -0.15) is 0 Å². The highest BCUT2D eigenvalue weighted by atomic mass is 16.5. The number of piperidine rings is 2. The van der Waals surface area contributed by atoms with Crippen molar-refractivity contribution in [1.82, 2.24) is 10.2 Å². The fourth-order valence-electron chi connectivity index (χ4n) is 3.66. The van der Waals surface area contributed by atoms with Crippen LogP contribution in [-0.2, 0) is 4.74 Å². The Balaban J connectivity index is 1.94. The molecule has 2 fully saturated rings. The van der Waals surface area contributed by atoms with Gasteiger partial charge in [0.15, 0.2) is 0 Å². The zero-order valence-electron chi connectivity index (χ0n) is 12.4. The van der Waals surface area contributed by atoms with Crippen LogP contribution in [0.5, 0.6) is 0 Å². The van der Waals surface area contributed by atoms with E-state index in [1.807, 2.05) is 7.11 Å². The van der Waals surface area contributed by atoms with E-state index in [9.17, 15) is 0 Å². The molecule has 0 bridgehead atoms. The number of ether oxygens (including phenoxy) is 1. The van der Waals surface area contributed by atoms with Crippen LogP contribution in [0.2, 0.25) is 0 Å². The Kier molecular flexibility index (Phi) is 4.68. The van der Waals surface area contributed by atoms with Crippen LogP contribution in [-0.4, -0.2) is 50.3 Å². The smallest absolute Gasteiger partial charge is 0.0777 e. The maximum atomic E-state index is 5.71. The zero-order chi connectivity index (χ0) is 13.1. The number of rotatable bonds is 4. The highest BCUT2D eigenvalue weighted by Gasteiger charge is 2.36. The van der Waals surface area contributed by atoms with Crippen molar-refractivity contribution in [2.75, 3.05) is 39.8 Å². The first kappa shape index (κ1) is 14.3. The summed E-state index contributed by atoms with van der Waals surface area (Å²) in [5, 5.41) is 3.50. The van der Waals surface area contributed by atoms with Crippen LogP contribution < -0.4 is 5.32 Å². The molecule has 2 rings (SSSR count). The van der Waals surface area contributed by atoms with Gasteiger partial charge in [-0.1, -0.05) is 6.92 Å². The summed E-state index contributed by atoms with van der Waals surface area (Å²) in [6.07, 6.45) is 6.48. The molecule has 106 valence electrons. The molecule has 2 saturated heterocycles. The number of nitrogens with zero attached hydrogens (tertiary/aromatic N) is 1. The Morgan fingerprint density at radius 2 is 1.94 bits per heavy atom. The summed E-state index contributed by atoms with van der Waals surface area (Å²) in [5.74, 6) is 0. The first-order valence-corrected chi connectivity index (χ1v) is 7.60. The van der Waals surface area contributed by atoms with E-state index in [0.717, 1.165) is 6.54 Å². The monoisotopic (exact) mass is 254 g/mol. The van der Waals surface area contributed by atoms with Gasteiger partial charge in [-0.05, 0) is 64.1 Å². The lowest BCUT2D eigenvalue weighted by molar-refractivity contribution is -0.0619. The molecule has 2 aliphatic heterocycles. The molecule has 3 nitrogen and oxygen atoms in total. The molecule has 0 amide bonds. The van der Waals surface area contributed by atoms with Crippen molar-refractivity contribution in [3.8, 4) is 0 Å². The molecule has 0 aromatic heterocycles.